The van der Waals surface area contributed by atoms with Gasteiger partial charge in [0.25, 0.3) is 0 Å². The molecule has 1 saturated heterocycles. The lowest BCUT2D eigenvalue weighted by Gasteiger charge is -2.23. The molecule has 20 heavy (non-hydrogen) atoms. The van der Waals surface area contributed by atoms with E-state index in [0.29, 0.717) is 5.75 Å². The van der Waals surface area contributed by atoms with Gasteiger partial charge in [-0.3, -0.25) is 9.78 Å². The maximum absolute atomic E-state index is 12.0. The number of carbonyl (C=O) groups is 1. The van der Waals surface area contributed by atoms with Crippen molar-refractivity contribution in [1.29, 1.82) is 0 Å². The van der Waals surface area contributed by atoms with Crippen LogP contribution in [0, 0.1) is 0 Å². The summed E-state index contributed by atoms with van der Waals surface area (Å²) < 4.78 is 5.55. The van der Waals surface area contributed by atoms with Crippen molar-refractivity contribution >= 4 is 17.7 Å². The van der Waals surface area contributed by atoms with Crippen LogP contribution in [0.4, 0.5) is 0 Å². The van der Waals surface area contributed by atoms with E-state index in [1.54, 1.807) is 18.0 Å². The molecule has 1 aliphatic heterocycles. The zero-order chi connectivity index (χ0) is 14.2. The summed E-state index contributed by atoms with van der Waals surface area (Å²) in [5.41, 5.74) is 0.968. The summed E-state index contributed by atoms with van der Waals surface area (Å²) in [7, 11) is 0. The second kappa shape index (κ2) is 8.27. The van der Waals surface area contributed by atoms with Crippen LogP contribution >= 0.6 is 11.8 Å². The molecule has 1 aliphatic rings. The molecule has 1 fully saturated rings. The molecule has 2 heterocycles. The monoisotopic (exact) mass is 294 g/mol. The van der Waals surface area contributed by atoms with Crippen LogP contribution in [-0.2, 0) is 9.53 Å². The topological polar surface area (TPSA) is 42.4 Å². The Balaban J connectivity index is 1.80. The Morgan fingerprint density at radius 3 is 3.00 bits per heavy atom. The lowest BCUT2D eigenvalue weighted by molar-refractivity contribution is -0.128. The molecule has 0 aliphatic carbocycles. The number of pyridine rings is 1. The first-order valence-corrected chi connectivity index (χ1v) is 8.27. The highest BCUT2D eigenvalue weighted by Crippen LogP contribution is 2.37. The minimum Gasteiger partial charge on any atom is -0.381 e. The number of nitrogens with zero attached hydrogens (tertiary/aromatic N) is 2. The van der Waals surface area contributed by atoms with Gasteiger partial charge in [-0.05, 0) is 25.0 Å². The summed E-state index contributed by atoms with van der Waals surface area (Å²) in [6, 6.07) is 5.86. The third kappa shape index (κ3) is 4.21. The second-order valence-corrected chi connectivity index (χ2v) is 5.89. The van der Waals surface area contributed by atoms with E-state index >= 15 is 0 Å². The van der Waals surface area contributed by atoms with Crippen molar-refractivity contribution in [3.63, 3.8) is 0 Å². The quantitative estimate of drug-likeness (QED) is 0.691. The van der Waals surface area contributed by atoms with Crippen LogP contribution < -0.4 is 0 Å². The molecule has 0 radical (unpaired) electrons. The Labute approximate surface area is 124 Å². The van der Waals surface area contributed by atoms with Crippen molar-refractivity contribution in [3.8, 4) is 0 Å². The summed E-state index contributed by atoms with van der Waals surface area (Å²) >= 11 is 1.66. The maximum Gasteiger partial charge on any atom is 0.233 e. The number of aromatic nitrogens is 1. The third-order valence-corrected chi connectivity index (χ3v) is 4.46. The zero-order valence-corrected chi connectivity index (χ0v) is 12.8. The van der Waals surface area contributed by atoms with Crippen LogP contribution in [0.5, 0.6) is 0 Å². The van der Waals surface area contributed by atoms with Crippen LogP contribution in [0.3, 0.4) is 0 Å². The molecule has 1 aromatic rings. The van der Waals surface area contributed by atoms with Gasteiger partial charge in [-0.15, -0.1) is 11.8 Å². The van der Waals surface area contributed by atoms with E-state index in [1.165, 1.54) is 0 Å². The zero-order valence-electron chi connectivity index (χ0n) is 12.0. The van der Waals surface area contributed by atoms with Crippen LogP contribution in [0.1, 0.15) is 37.3 Å². The van der Waals surface area contributed by atoms with Crippen molar-refractivity contribution in [2.75, 3.05) is 25.5 Å². The maximum atomic E-state index is 12.0. The van der Waals surface area contributed by atoms with E-state index in [4.69, 9.17) is 4.74 Å². The first kappa shape index (κ1) is 15.3. The molecular formula is C15H22N2O2S. The minimum atomic E-state index is 0.0688. The van der Waals surface area contributed by atoms with Gasteiger partial charge < -0.3 is 9.64 Å². The second-order valence-electron chi connectivity index (χ2n) is 4.82. The molecule has 0 aromatic carbocycles. The minimum absolute atomic E-state index is 0.0688. The molecule has 0 N–H and O–H groups in total. The predicted molar refractivity (Wildman–Crippen MR) is 81.5 cm³/mol. The van der Waals surface area contributed by atoms with Crippen molar-refractivity contribution in [1.82, 2.24) is 9.88 Å². The molecule has 1 unspecified atom stereocenters. The van der Waals surface area contributed by atoms with Crippen LogP contribution in [0.2, 0.25) is 0 Å². The van der Waals surface area contributed by atoms with Gasteiger partial charge in [0.05, 0.1) is 11.4 Å². The number of unbranched alkanes of at least 4 members (excludes halogenated alkanes) is 1. The number of carbonyl (C=O) groups excluding carboxylic acids is 1. The van der Waals surface area contributed by atoms with Gasteiger partial charge in [0.1, 0.15) is 5.37 Å². The third-order valence-electron chi connectivity index (χ3n) is 3.24. The number of hydrogen-bond donors (Lipinski definition) is 0. The molecule has 110 valence electrons. The van der Waals surface area contributed by atoms with Crippen molar-refractivity contribution in [3.05, 3.63) is 30.1 Å². The highest BCUT2D eigenvalue weighted by atomic mass is 32.2. The summed E-state index contributed by atoms with van der Waals surface area (Å²) in [6.45, 7) is 4.45. The number of thioether (sulfide) groups is 1. The van der Waals surface area contributed by atoms with Gasteiger partial charge in [-0.2, -0.15) is 0 Å². The Morgan fingerprint density at radius 1 is 1.40 bits per heavy atom. The van der Waals surface area contributed by atoms with E-state index in [0.717, 1.165) is 44.7 Å². The average molecular weight is 294 g/mol. The molecule has 1 aromatic heterocycles. The highest BCUT2D eigenvalue weighted by molar-refractivity contribution is 8.00. The van der Waals surface area contributed by atoms with Crippen LogP contribution in [0.25, 0.3) is 0 Å². The highest BCUT2D eigenvalue weighted by Gasteiger charge is 2.32. The molecule has 0 spiro atoms. The smallest absolute Gasteiger partial charge is 0.233 e. The number of amides is 1. The molecule has 2 rings (SSSR count). The SMILES string of the molecule is CCCCOCCCN1C(=O)CSC1c1ccccn1. The molecule has 1 amide bonds. The standard InChI is InChI=1S/C15H22N2O2S/c1-2-3-10-19-11-6-9-17-14(18)12-20-15(17)13-7-4-5-8-16-13/h4-5,7-8,15H,2-3,6,9-12H2,1H3. The summed E-state index contributed by atoms with van der Waals surface area (Å²) in [4.78, 5) is 18.3. The first-order valence-electron chi connectivity index (χ1n) is 7.22. The van der Waals surface area contributed by atoms with Gasteiger partial charge in [0.15, 0.2) is 0 Å². The van der Waals surface area contributed by atoms with Crippen LogP contribution in [0.15, 0.2) is 24.4 Å². The summed E-state index contributed by atoms with van der Waals surface area (Å²) in [5, 5.41) is 0.0688. The van der Waals surface area contributed by atoms with E-state index in [9.17, 15) is 4.79 Å². The van der Waals surface area contributed by atoms with Crippen molar-refractivity contribution < 1.29 is 9.53 Å². The van der Waals surface area contributed by atoms with Crippen molar-refractivity contribution in [2.45, 2.75) is 31.6 Å². The number of rotatable bonds is 8. The van der Waals surface area contributed by atoms with Crippen LogP contribution in [-0.4, -0.2) is 41.3 Å². The van der Waals surface area contributed by atoms with Gasteiger partial charge in [-0.1, -0.05) is 19.4 Å². The normalized spacial score (nSPS) is 18.8. The Kier molecular flexibility index (Phi) is 6.33. The fourth-order valence-corrected chi connectivity index (χ4v) is 3.33. The lowest BCUT2D eigenvalue weighted by Crippen LogP contribution is -2.30. The van der Waals surface area contributed by atoms with E-state index in [-0.39, 0.29) is 11.3 Å². The van der Waals surface area contributed by atoms with Gasteiger partial charge >= 0.3 is 0 Å². The first-order chi connectivity index (χ1) is 9.83. The molecule has 0 bridgehead atoms. The van der Waals surface area contributed by atoms with E-state index < -0.39 is 0 Å². The number of hydrogen-bond acceptors (Lipinski definition) is 4. The Morgan fingerprint density at radius 2 is 2.25 bits per heavy atom. The van der Waals surface area contributed by atoms with Gasteiger partial charge in [0.2, 0.25) is 5.91 Å². The fourth-order valence-electron chi connectivity index (χ4n) is 2.15. The van der Waals surface area contributed by atoms with E-state index in [2.05, 4.69) is 11.9 Å². The Hall–Kier alpha value is -1.07. The van der Waals surface area contributed by atoms with Crippen molar-refractivity contribution in [2.24, 2.45) is 0 Å². The number of ether oxygens (including phenoxy) is 1. The summed E-state index contributed by atoms with van der Waals surface area (Å²) in [5.74, 6) is 0.761. The average Bonchev–Trinajstić information content (AvgIpc) is 2.85. The predicted octanol–water partition coefficient (Wildman–Crippen LogP) is 2.86. The summed E-state index contributed by atoms with van der Waals surface area (Å²) in [6.07, 6.45) is 4.93. The fraction of sp³-hybridized carbons (Fsp3) is 0.600. The van der Waals surface area contributed by atoms with Gasteiger partial charge in [-0.25, -0.2) is 0 Å². The molecular weight excluding hydrogens is 272 g/mol. The van der Waals surface area contributed by atoms with Gasteiger partial charge in [0, 0.05) is 26.0 Å². The molecule has 4 nitrogen and oxygen atoms in total. The van der Waals surface area contributed by atoms with E-state index in [1.807, 2.05) is 23.1 Å². The largest absolute Gasteiger partial charge is 0.381 e. The molecule has 5 heteroatoms. The lowest BCUT2D eigenvalue weighted by atomic mass is 10.3. The molecule has 1 atom stereocenters. The Bertz CT molecular complexity index is 414. The molecule has 0 saturated carbocycles.